The van der Waals surface area contributed by atoms with E-state index in [1.54, 1.807) is 0 Å². The van der Waals surface area contributed by atoms with Crippen LogP contribution in [0.2, 0.25) is 0 Å². The molecule has 0 bridgehead atoms. The normalized spacial score (nSPS) is 11.9. The van der Waals surface area contributed by atoms with E-state index in [0.717, 1.165) is 94.0 Å². The van der Waals surface area contributed by atoms with Crippen LogP contribution in [0.15, 0.2) is 201 Å². The Morgan fingerprint density at radius 2 is 0.821 bits per heavy atom. The van der Waals surface area contributed by atoms with Crippen molar-refractivity contribution >= 4 is 93.7 Å². The van der Waals surface area contributed by atoms with E-state index in [9.17, 15) is 0 Å². The zero-order valence-electron chi connectivity index (χ0n) is 30.1. The van der Waals surface area contributed by atoms with Crippen molar-refractivity contribution in [1.29, 1.82) is 0 Å². The Morgan fingerprint density at radius 3 is 1.61 bits per heavy atom. The molecule has 4 heteroatoms. The summed E-state index contributed by atoms with van der Waals surface area (Å²) < 4.78 is 19.3. The molecule has 3 heterocycles. The molecule has 0 aliphatic carbocycles. The Morgan fingerprint density at radius 1 is 0.304 bits per heavy atom. The van der Waals surface area contributed by atoms with Gasteiger partial charge in [-0.3, -0.25) is 0 Å². The molecule has 0 radical (unpaired) electrons. The van der Waals surface area contributed by atoms with Gasteiger partial charge in [0.25, 0.3) is 0 Å². The fraction of sp³-hybridized carbons (Fsp3) is 0. The topological polar surface area (TPSA) is 42.7 Å². The van der Waals surface area contributed by atoms with Gasteiger partial charge >= 0.3 is 0 Å². The highest BCUT2D eigenvalue weighted by Gasteiger charge is 2.20. The lowest BCUT2D eigenvalue weighted by Gasteiger charge is -2.26. The van der Waals surface area contributed by atoms with Crippen molar-refractivity contribution in [2.24, 2.45) is 0 Å². The van der Waals surface area contributed by atoms with Gasteiger partial charge in [0, 0.05) is 61.0 Å². The van der Waals surface area contributed by atoms with Crippen LogP contribution in [0, 0.1) is 0 Å². The summed E-state index contributed by atoms with van der Waals surface area (Å²) in [5, 5.41) is 9.04. The van der Waals surface area contributed by atoms with Crippen molar-refractivity contribution in [3.8, 4) is 22.3 Å². The van der Waals surface area contributed by atoms with Gasteiger partial charge in [0.15, 0.2) is 0 Å². The van der Waals surface area contributed by atoms with Crippen molar-refractivity contribution in [2.45, 2.75) is 0 Å². The van der Waals surface area contributed by atoms with Gasteiger partial charge in [0.1, 0.15) is 33.5 Å². The summed E-state index contributed by atoms with van der Waals surface area (Å²) in [5.74, 6) is 0. The van der Waals surface area contributed by atoms with Gasteiger partial charge in [-0.15, -0.1) is 0 Å². The maximum atomic E-state index is 6.66. The lowest BCUT2D eigenvalue weighted by molar-refractivity contribution is 0.663. The summed E-state index contributed by atoms with van der Waals surface area (Å²) in [6, 6.07) is 66.1. The molecule has 4 nitrogen and oxygen atoms in total. The summed E-state index contributed by atoms with van der Waals surface area (Å²) in [6.45, 7) is 0. The minimum absolute atomic E-state index is 0.849. The van der Waals surface area contributed by atoms with Crippen LogP contribution in [0.25, 0.3) is 98.8 Å². The fourth-order valence-corrected chi connectivity index (χ4v) is 8.69. The standard InChI is InChI=1S/C52H31NO3/c1-2-11-38-32(9-1)10-7-14-39(38)33-19-23-35(24-20-33)53(37-27-28-42-41-12-3-5-17-45(41)55-49(42)31-37)36-25-21-34(22-26-36)40-15-8-16-44-51-48(56-52(40)44)30-29-47-50(51)43-13-4-6-18-46(43)54-47/h1-31H. The second-order valence-electron chi connectivity index (χ2n) is 14.4. The van der Waals surface area contributed by atoms with Gasteiger partial charge in [0.2, 0.25) is 0 Å². The average molecular weight is 718 g/mol. The van der Waals surface area contributed by atoms with E-state index in [1.807, 2.05) is 36.4 Å². The number of hydrogen-bond acceptors (Lipinski definition) is 4. The molecule has 12 aromatic rings. The first-order valence-corrected chi connectivity index (χ1v) is 18.9. The molecule has 0 amide bonds. The van der Waals surface area contributed by atoms with E-state index in [4.69, 9.17) is 13.3 Å². The van der Waals surface area contributed by atoms with Gasteiger partial charge in [-0.25, -0.2) is 0 Å². The van der Waals surface area contributed by atoms with Gasteiger partial charge < -0.3 is 18.2 Å². The molecule has 0 saturated heterocycles. The third-order valence-corrected chi connectivity index (χ3v) is 11.3. The predicted octanol–water partition coefficient (Wildman–Crippen LogP) is 15.3. The maximum absolute atomic E-state index is 6.66. The van der Waals surface area contributed by atoms with Crippen LogP contribution in [0.3, 0.4) is 0 Å². The summed E-state index contributed by atoms with van der Waals surface area (Å²) in [5.41, 5.74) is 12.8. The highest BCUT2D eigenvalue weighted by atomic mass is 16.3. The molecule has 0 spiro atoms. The number of nitrogens with zero attached hydrogens (tertiary/aromatic N) is 1. The fourth-order valence-electron chi connectivity index (χ4n) is 8.69. The first-order chi connectivity index (χ1) is 27.7. The average Bonchev–Trinajstić information content (AvgIpc) is 3.95. The predicted molar refractivity (Wildman–Crippen MR) is 231 cm³/mol. The van der Waals surface area contributed by atoms with E-state index >= 15 is 0 Å². The molecule has 56 heavy (non-hydrogen) atoms. The minimum atomic E-state index is 0.849. The monoisotopic (exact) mass is 717 g/mol. The first-order valence-electron chi connectivity index (χ1n) is 18.9. The number of rotatable bonds is 5. The van der Waals surface area contributed by atoms with E-state index in [-0.39, 0.29) is 0 Å². The van der Waals surface area contributed by atoms with Gasteiger partial charge in [-0.1, -0.05) is 121 Å². The molecule has 0 saturated carbocycles. The maximum Gasteiger partial charge on any atom is 0.143 e. The lowest BCUT2D eigenvalue weighted by atomic mass is 9.98. The van der Waals surface area contributed by atoms with Crippen molar-refractivity contribution in [1.82, 2.24) is 0 Å². The van der Waals surface area contributed by atoms with E-state index in [1.165, 1.54) is 21.9 Å². The molecule has 3 aromatic heterocycles. The van der Waals surface area contributed by atoms with E-state index in [2.05, 4.69) is 157 Å². The number of hydrogen-bond donors (Lipinski definition) is 0. The summed E-state index contributed by atoms with van der Waals surface area (Å²) in [6.07, 6.45) is 0. The van der Waals surface area contributed by atoms with Crippen molar-refractivity contribution in [3.05, 3.63) is 188 Å². The number of para-hydroxylation sites is 3. The molecule has 0 aliphatic rings. The quantitative estimate of drug-likeness (QED) is 0.178. The number of anilines is 3. The Labute approximate surface area is 321 Å². The Bertz CT molecular complexity index is 3470. The van der Waals surface area contributed by atoms with Gasteiger partial charge in [-0.05, 0) is 88.1 Å². The number of fused-ring (bicyclic) bond motifs is 11. The molecule has 0 atom stereocenters. The van der Waals surface area contributed by atoms with Crippen LogP contribution < -0.4 is 4.90 Å². The van der Waals surface area contributed by atoms with Crippen LogP contribution in [0.4, 0.5) is 17.1 Å². The molecule has 12 rings (SSSR count). The van der Waals surface area contributed by atoms with Gasteiger partial charge in [0.05, 0.1) is 0 Å². The Hall–Kier alpha value is -7.56. The number of benzene rings is 9. The molecule has 0 aliphatic heterocycles. The van der Waals surface area contributed by atoms with Gasteiger partial charge in [-0.2, -0.15) is 0 Å². The van der Waals surface area contributed by atoms with Crippen LogP contribution in [0.1, 0.15) is 0 Å². The highest BCUT2D eigenvalue weighted by Crippen LogP contribution is 2.44. The third kappa shape index (κ3) is 4.66. The van der Waals surface area contributed by atoms with Crippen molar-refractivity contribution in [3.63, 3.8) is 0 Å². The summed E-state index contributed by atoms with van der Waals surface area (Å²) >= 11 is 0. The second kappa shape index (κ2) is 12.0. The summed E-state index contributed by atoms with van der Waals surface area (Å²) in [7, 11) is 0. The first kappa shape index (κ1) is 30.9. The summed E-state index contributed by atoms with van der Waals surface area (Å²) in [4.78, 5) is 2.30. The molecule has 262 valence electrons. The van der Waals surface area contributed by atoms with Crippen LogP contribution in [-0.4, -0.2) is 0 Å². The third-order valence-electron chi connectivity index (χ3n) is 11.3. The largest absolute Gasteiger partial charge is 0.456 e. The smallest absolute Gasteiger partial charge is 0.143 e. The molecule has 9 aromatic carbocycles. The van der Waals surface area contributed by atoms with Crippen LogP contribution in [0.5, 0.6) is 0 Å². The molecule has 0 unspecified atom stereocenters. The minimum Gasteiger partial charge on any atom is -0.456 e. The van der Waals surface area contributed by atoms with Crippen molar-refractivity contribution in [2.75, 3.05) is 4.90 Å². The molecule has 0 fully saturated rings. The van der Waals surface area contributed by atoms with E-state index in [0.29, 0.717) is 0 Å². The SMILES string of the molecule is c1ccc2c(-c3ccc(N(c4ccc(-c5cccc6c5oc5ccc7oc8ccccc8c7c56)cc4)c4ccc5c(c4)oc4ccccc45)cc3)cccc2c1. The number of furan rings is 3. The molecular weight excluding hydrogens is 687 g/mol. The van der Waals surface area contributed by atoms with Crippen LogP contribution in [-0.2, 0) is 0 Å². The Kier molecular flexibility index (Phi) is 6.60. The lowest BCUT2D eigenvalue weighted by Crippen LogP contribution is -2.09. The zero-order valence-corrected chi connectivity index (χ0v) is 30.1. The van der Waals surface area contributed by atoms with E-state index < -0.39 is 0 Å². The molecular formula is C52H31NO3. The molecule has 0 N–H and O–H groups in total. The Balaban J connectivity index is 0.986. The zero-order chi connectivity index (χ0) is 36.7. The van der Waals surface area contributed by atoms with Crippen LogP contribution >= 0.6 is 0 Å². The van der Waals surface area contributed by atoms with Crippen molar-refractivity contribution < 1.29 is 13.3 Å². The highest BCUT2D eigenvalue weighted by molar-refractivity contribution is 6.26. The second-order valence-corrected chi connectivity index (χ2v) is 14.4.